The summed E-state index contributed by atoms with van der Waals surface area (Å²) in [5, 5.41) is 7.23. The zero-order valence-electron chi connectivity index (χ0n) is 30.3. The molecule has 4 aliphatic rings. The predicted octanol–water partition coefficient (Wildman–Crippen LogP) is 4.71. The highest BCUT2D eigenvalue weighted by atomic mass is 19.1. The van der Waals surface area contributed by atoms with Crippen molar-refractivity contribution in [2.45, 2.75) is 45.1 Å². The lowest BCUT2D eigenvalue weighted by Crippen LogP contribution is -2.48. The van der Waals surface area contributed by atoms with E-state index in [9.17, 15) is 18.4 Å². The Balaban J connectivity index is 0.802. The quantitative estimate of drug-likeness (QED) is 0.246. The van der Waals surface area contributed by atoms with Gasteiger partial charge >= 0.3 is 0 Å². The lowest BCUT2D eigenvalue weighted by Gasteiger charge is -2.39. The van der Waals surface area contributed by atoms with Crippen LogP contribution in [0.4, 0.5) is 20.3 Å². The smallest absolute Gasteiger partial charge is 0.230 e. The largest absolute Gasteiger partial charge is 0.369 e. The van der Waals surface area contributed by atoms with E-state index in [4.69, 9.17) is 5.10 Å². The van der Waals surface area contributed by atoms with E-state index < -0.39 is 11.6 Å². The second-order valence-electron chi connectivity index (χ2n) is 14.8. The summed E-state index contributed by atoms with van der Waals surface area (Å²) in [5.41, 5.74) is 3.83. The maximum atomic E-state index is 14.8. The molecule has 6 heterocycles. The van der Waals surface area contributed by atoms with Crippen LogP contribution in [0.5, 0.6) is 0 Å². The Labute approximate surface area is 307 Å². The number of carbonyl (C=O) groups excluding carboxylic acids is 2. The van der Waals surface area contributed by atoms with Gasteiger partial charge < -0.3 is 14.7 Å². The van der Waals surface area contributed by atoms with Gasteiger partial charge in [0, 0.05) is 108 Å². The molecule has 1 aromatic carbocycles. The molecule has 3 fully saturated rings. The number of fused-ring (bicyclic) bond motifs is 1. The van der Waals surface area contributed by atoms with Crippen LogP contribution in [-0.4, -0.2) is 110 Å². The fourth-order valence-corrected chi connectivity index (χ4v) is 8.22. The van der Waals surface area contributed by atoms with Crippen LogP contribution in [0.2, 0.25) is 0 Å². The van der Waals surface area contributed by atoms with Gasteiger partial charge in [0.1, 0.15) is 11.6 Å². The standard InChI is InChI=1S/C39H46F2N10O2/c1-26-21-32(34(41)22-33(26)40)35-24-43-37(38-42-11-14-50(35)38)46(2)30-23-44-51(25-30)29-9-12-47(13-10-29)15-16-48-17-19-49(20-18-48)28-5-3-27(4-6-28)31-7-8-36(52)45-39(31)53/h3,5-6,11,14,21-25,27,29,31H,4,7-10,12-13,15-20H2,1-2H3,(H,45,52,53). The Kier molecular flexibility index (Phi) is 9.81. The zero-order valence-corrected chi connectivity index (χ0v) is 30.3. The summed E-state index contributed by atoms with van der Waals surface area (Å²) in [6.07, 6.45) is 19.5. The second kappa shape index (κ2) is 14.8. The summed E-state index contributed by atoms with van der Waals surface area (Å²) < 4.78 is 32.6. The van der Waals surface area contributed by atoms with Gasteiger partial charge in [-0.25, -0.2) is 18.7 Å². The molecule has 4 aromatic rings. The fraction of sp³-hybridized carbons (Fsp3) is 0.462. The number of hydrogen-bond donors (Lipinski definition) is 1. The number of allylic oxidation sites excluding steroid dienone is 3. The van der Waals surface area contributed by atoms with Crippen molar-refractivity contribution in [3.8, 4) is 11.3 Å². The summed E-state index contributed by atoms with van der Waals surface area (Å²) in [6.45, 7) is 9.84. The summed E-state index contributed by atoms with van der Waals surface area (Å²) in [7, 11) is 1.92. The van der Waals surface area contributed by atoms with Gasteiger partial charge in [0.25, 0.3) is 0 Å². The lowest BCUT2D eigenvalue weighted by molar-refractivity contribution is -0.137. The molecule has 3 aliphatic heterocycles. The van der Waals surface area contributed by atoms with Crippen LogP contribution in [-0.2, 0) is 9.59 Å². The van der Waals surface area contributed by atoms with Crippen molar-refractivity contribution >= 4 is 29.0 Å². The predicted molar refractivity (Wildman–Crippen MR) is 197 cm³/mol. The number of amides is 2. The molecule has 2 atom stereocenters. The summed E-state index contributed by atoms with van der Waals surface area (Å²) in [6, 6.07) is 2.72. The SMILES string of the molecule is Cc1cc(-c2cnc(N(C)c3cnn(C4CCN(CCN5CCN(C6=CCC(C7CCC(=O)NC7=O)C=C6)CC5)CC4)c3)c3nccn23)c(F)cc1F. The molecule has 53 heavy (non-hydrogen) atoms. The highest BCUT2D eigenvalue weighted by molar-refractivity contribution is 5.98. The van der Waals surface area contributed by atoms with Gasteiger partial charge in [-0.05, 0) is 56.2 Å². The first-order valence-corrected chi connectivity index (χ1v) is 18.7. The molecule has 278 valence electrons. The molecule has 14 heteroatoms. The average Bonchev–Trinajstić information content (AvgIpc) is 3.87. The summed E-state index contributed by atoms with van der Waals surface area (Å²) >= 11 is 0. The minimum absolute atomic E-state index is 0.112. The van der Waals surface area contributed by atoms with Gasteiger partial charge in [-0.15, -0.1) is 0 Å². The number of likely N-dealkylation sites (tertiary alicyclic amines) is 1. The van der Waals surface area contributed by atoms with Gasteiger partial charge in [-0.3, -0.25) is 28.9 Å². The number of benzene rings is 1. The number of imide groups is 1. The first-order valence-electron chi connectivity index (χ1n) is 18.7. The van der Waals surface area contributed by atoms with Crippen LogP contribution in [0.25, 0.3) is 16.9 Å². The molecule has 3 saturated heterocycles. The molecule has 12 nitrogen and oxygen atoms in total. The summed E-state index contributed by atoms with van der Waals surface area (Å²) in [4.78, 5) is 42.5. The first kappa shape index (κ1) is 35.1. The third-order valence-electron chi connectivity index (χ3n) is 11.5. The fourth-order valence-electron chi connectivity index (χ4n) is 8.22. The molecule has 0 saturated carbocycles. The van der Waals surface area contributed by atoms with Crippen LogP contribution in [0, 0.1) is 30.4 Å². The first-order chi connectivity index (χ1) is 25.7. The van der Waals surface area contributed by atoms with Crippen LogP contribution >= 0.6 is 0 Å². The molecule has 2 amide bonds. The van der Waals surface area contributed by atoms with Crippen molar-refractivity contribution < 1.29 is 18.4 Å². The van der Waals surface area contributed by atoms with E-state index >= 15 is 0 Å². The van der Waals surface area contributed by atoms with Crippen LogP contribution in [0.3, 0.4) is 0 Å². The van der Waals surface area contributed by atoms with Crippen LogP contribution in [0.15, 0.2) is 67.0 Å². The Morgan fingerprint density at radius 1 is 0.943 bits per heavy atom. The zero-order chi connectivity index (χ0) is 36.6. The number of halogens is 2. The van der Waals surface area contributed by atoms with E-state index in [2.05, 4.69) is 59.1 Å². The van der Waals surface area contributed by atoms with E-state index in [1.807, 2.05) is 18.1 Å². The van der Waals surface area contributed by atoms with E-state index in [0.29, 0.717) is 41.6 Å². The van der Waals surface area contributed by atoms with E-state index in [1.54, 1.807) is 29.9 Å². The number of carbonyl (C=O) groups is 2. The molecule has 0 bridgehead atoms. The van der Waals surface area contributed by atoms with Crippen molar-refractivity contribution in [1.29, 1.82) is 0 Å². The van der Waals surface area contributed by atoms with Crippen molar-refractivity contribution in [2.24, 2.45) is 11.8 Å². The number of aryl methyl sites for hydroxylation is 1. The topological polar surface area (TPSA) is 107 Å². The number of piperazine rings is 1. The Morgan fingerprint density at radius 3 is 2.45 bits per heavy atom. The van der Waals surface area contributed by atoms with Crippen LogP contribution in [0.1, 0.15) is 43.7 Å². The normalized spacial score (nSPS) is 22.0. The van der Waals surface area contributed by atoms with Crippen molar-refractivity contribution in [1.82, 2.24) is 44.2 Å². The molecule has 1 N–H and O–H groups in total. The number of hydrogen-bond acceptors (Lipinski definition) is 9. The Morgan fingerprint density at radius 2 is 1.72 bits per heavy atom. The van der Waals surface area contributed by atoms with Gasteiger partial charge in [0.05, 0.1) is 29.8 Å². The molecule has 3 aromatic heterocycles. The third-order valence-corrected chi connectivity index (χ3v) is 11.5. The third kappa shape index (κ3) is 7.21. The second-order valence-corrected chi connectivity index (χ2v) is 14.8. The van der Waals surface area contributed by atoms with Crippen molar-refractivity contribution in [3.05, 3.63) is 84.2 Å². The average molecular weight is 725 g/mol. The van der Waals surface area contributed by atoms with E-state index in [0.717, 1.165) is 83.4 Å². The van der Waals surface area contributed by atoms with Crippen LogP contribution < -0.4 is 10.2 Å². The van der Waals surface area contributed by atoms with Gasteiger partial charge in [0.15, 0.2) is 11.5 Å². The number of aromatic nitrogens is 5. The molecular weight excluding hydrogens is 678 g/mol. The maximum Gasteiger partial charge on any atom is 0.230 e. The van der Waals surface area contributed by atoms with E-state index in [-0.39, 0.29) is 29.2 Å². The molecule has 0 radical (unpaired) electrons. The van der Waals surface area contributed by atoms with Gasteiger partial charge in [0.2, 0.25) is 11.8 Å². The van der Waals surface area contributed by atoms with Crippen molar-refractivity contribution in [3.63, 3.8) is 0 Å². The van der Waals surface area contributed by atoms with Crippen molar-refractivity contribution in [2.75, 3.05) is 64.3 Å². The number of nitrogens with zero attached hydrogens (tertiary/aromatic N) is 9. The number of anilines is 2. The molecule has 2 unspecified atom stereocenters. The maximum absolute atomic E-state index is 14.8. The number of rotatable bonds is 9. The van der Waals surface area contributed by atoms with Gasteiger partial charge in [-0.1, -0.05) is 12.2 Å². The highest BCUT2D eigenvalue weighted by Crippen LogP contribution is 2.33. The highest BCUT2D eigenvalue weighted by Gasteiger charge is 2.33. The lowest BCUT2D eigenvalue weighted by atomic mass is 9.81. The number of piperidine rings is 2. The summed E-state index contributed by atoms with van der Waals surface area (Å²) in [5.74, 6) is -0.848. The van der Waals surface area contributed by atoms with E-state index in [1.165, 1.54) is 11.8 Å². The monoisotopic (exact) mass is 724 g/mol. The molecular formula is C39H46F2N10O2. The Hall–Kier alpha value is -4.95. The Bertz CT molecular complexity index is 2060. The minimum atomic E-state index is -0.646. The molecule has 0 spiro atoms. The van der Waals surface area contributed by atoms with Gasteiger partial charge in [-0.2, -0.15) is 5.10 Å². The minimum Gasteiger partial charge on any atom is -0.369 e. The number of imidazole rings is 1. The molecule has 8 rings (SSSR count). The molecule has 1 aliphatic carbocycles. The number of nitrogens with one attached hydrogen (secondary N) is 1.